The van der Waals surface area contributed by atoms with E-state index in [0.29, 0.717) is 24.6 Å². The summed E-state index contributed by atoms with van der Waals surface area (Å²) in [6.45, 7) is 2.80. The van der Waals surface area contributed by atoms with Crippen molar-refractivity contribution in [3.8, 4) is 0 Å². The predicted molar refractivity (Wildman–Crippen MR) is 90.5 cm³/mol. The van der Waals surface area contributed by atoms with Crippen molar-refractivity contribution in [2.75, 3.05) is 6.61 Å². The smallest absolute Gasteiger partial charge is 0.220 e. The van der Waals surface area contributed by atoms with E-state index in [2.05, 4.69) is 20.3 Å². The van der Waals surface area contributed by atoms with Gasteiger partial charge in [0.25, 0.3) is 0 Å². The van der Waals surface area contributed by atoms with E-state index in [1.54, 1.807) is 6.20 Å². The Morgan fingerprint density at radius 3 is 3.08 bits per heavy atom. The number of aromatic amines is 1. The van der Waals surface area contributed by atoms with Gasteiger partial charge >= 0.3 is 0 Å². The number of rotatable bonds is 6. The van der Waals surface area contributed by atoms with Crippen LogP contribution >= 0.6 is 0 Å². The number of imidazole rings is 1. The molecule has 1 amide bonds. The molecule has 24 heavy (non-hydrogen) atoms. The number of ether oxygens (including phenoxy) is 1. The fraction of sp³-hybridized carbons (Fsp3) is 0.611. The zero-order valence-corrected chi connectivity index (χ0v) is 14.0. The summed E-state index contributed by atoms with van der Waals surface area (Å²) in [5.74, 6) is 0.924. The Balaban J connectivity index is 1.31. The first kappa shape index (κ1) is 15.6. The second kappa shape index (κ2) is 6.16. The Hall–Kier alpha value is -1.95. The molecule has 2 aromatic heterocycles. The zero-order chi connectivity index (χ0) is 16.6. The highest BCUT2D eigenvalue weighted by Gasteiger charge is 2.59. The molecule has 2 N–H and O–H groups in total. The van der Waals surface area contributed by atoms with Crippen molar-refractivity contribution in [3.05, 3.63) is 24.2 Å². The molecule has 128 valence electrons. The van der Waals surface area contributed by atoms with Crippen molar-refractivity contribution in [2.45, 2.75) is 57.6 Å². The Labute approximate surface area is 141 Å². The number of fused-ring (bicyclic) bond motifs is 1. The molecule has 6 nitrogen and oxygen atoms in total. The number of carbonyl (C=O) groups excluding carboxylic acids is 1. The lowest BCUT2D eigenvalue weighted by molar-refractivity contribution is -0.175. The summed E-state index contributed by atoms with van der Waals surface area (Å²) in [4.78, 5) is 24.2. The van der Waals surface area contributed by atoms with E-state index in [4.69, 9.17) is 4.74 Å². The molecule has 6 heteroatoms. The van der Waals surface area contributed by atoms with E-state index >= 15 is 0 Å². The Bertz CT molecular complexity index is 704. The molecule has 4 rings (SSSR count). The molecule has 2 heterocycles. The van der Waals surface area contributed by atoms with Crippen molar-refractivity contribution in [2.24, 2.45) is 5.41 Å². The van der Waals surface area contributed by atoms with Gasteiger partial charge in [-0.05, 0) is 38.3 Å². The second-order valence-corrected chi connectivity index (χ2v) is 6.94. The maximum absolute atomic E-state index is 12.3. The Morgan fingerprint density at radius 1 is 1.50 bits per heavy atom. The third-order valence-corrected chi connectivity index (χ3v) is 5.67. The van der Waals surface area contributed by atoms with Gasteiger partial charge in [0.1, 0.15) is 5.82 Å². The monoisotopic (exact) mass is 328 g/mol. The second-order valence-electron chi connectivity index (χ2n) is 6.94. The Morgan fingerprint density at radius 2 is 2.38 bits per heavy atom. The normalized spacial score (nSPS) is 24.5. The summed E-state index contributed by atoms with van der Waals surface area (Å²) in [6.07, 6.45) is 7.68. The number of aryl methyl sites for hydroxylation is 1. The van der Waals surface area contributed by atoms with Gasteiger partial charge in [-0.1, -0.05) is 6.42 Å². The molecule has 2 aromatic rings. The molecule has 2 fully saturated rings. The molecule has 2 aliphatic rings. The van der Waals surface area contributed by atoms with E-state index in [-0.39, 0.29) is 17.4 Å². The SMILES string of the molecule is CCO[C@H]1C[C@@H](NC(=O)CCc2nc3ncccc3[nH]2)C12CCC2. The van der Waals surface area contributed by atoms with Gasteiger partial charge in [-0.2, -0.15) is 0 Å². The molecule has 1 spiro atoms. The van der Waals surface area contributed by atoms with Crippen LogP contribution in [-0.2, 0) is 16.0 Å². The van der Waals surface area contributed by atoms with Crippen LogP contribution in [-0.4, -0.2) is 39.6 Å². The van der Waals surface area contributed by atoms with E-state index in [1.807, 2.05) is 19.1 Å². The predicted octanol–water partition coefficient (Wildman–Crippen LogP) is 2.35. The average molecular weight is 328 g/mol. The topological polar surface area (TPSA) is 79.9 Å². The first-order valence-corrected chi connectivity index (χ1v) is 8.92. The van der Waals surface area contributed by atoms with Crippen LogP contribution in [0.3, 0.4) is 0 Å². The minimum absolute atomic E-state index is 0.106. The van der Waals surface area contributed by atoms with Gasteiger partial charge in [-0.25, -0.2) is 9.97 Å². The summed E-state index contributed by atoms with van der Waals surface area (Å²) in [6, 6.07) is 4.11. The van der Waals surface area contributed by atoms with Crippen LogP contribution in [0, 0.1) is 5.41 Å². The van der Waals surface area contributed by atoms with Crippen LogP contribution in [0.2, 0.25) is 0 Å². The van der Waals surface area contributed by atoms with Crippen LogP contribution in [0.25, 0.3) is 11.2 Å². The number of H-pyrrole nitrogens is 1. The summed E-state index contributed by atoms with van der Waals surface area (Å²) in [5.41, 5.74) is 1.84. The van der Waals surface area contributed by atoms with Gasteiger partial charge in [0.05, 0.1) is 11.6 Å². The molecule has 0 aromatic carbocycles. The van der Waals surface area contributed by atoms with Crippen molar-refractivity contribution >= 4 is 17.1 Å². The van der Waals surface area contributed by atoms with Crippen LogP contribution in [0.15, 0.2) is 18.3 Å². The van der Waals surface area contributed by atoms with Crippen molar-refractivity contribution in [1.29, 1.82) is 0 Å². The highest BCUT2D eigenvalue weighted by atomic mass is 16.5. The van der Waals surface area contributed by atoms with Gasteiger partial charge < -0.3 is 15.0 Å². The van der Waals surface area contributed by atoms with Gasteiger partial charge in [0.2, 0.25) is 5.91 Å². The number of carbonyl (C=O) groups is 1. The van der Waals surface area contributed by atoms with E-state index < -0.39 is 0 Å². The third-order valence-electron chi connectivity index (χ3n) is 5.67. The van der Waals surface area contributed by atoms with Gasteiger partial charge in [-0.15, -0.1) is 0 Å². The molecule has 0 bridgehead atoms. The number of nitrogens with zero attached hydrogens (tertiary/aromatic N) is 2. The highest BCUT2D eigenvalue weighted by Crippen LogP contribution is 2.57. The summed E-state index contributed by atoms with van der Waals surface area (Å²) >= 11 is 0. The van der Waals surface area contributed by atoms with Gasteiger partial charge in [0, 0.05) is 37.1 Å². The van der Waals surface area contributed by atoms with Crippen LogP contribution in [0.1, 0.15) is 44.9 Å². The lowest BCUT2D eigenvalue weighted by Gasteiger charge is -2.61. The van der Waals surface area contributed by atoms with E-state index in [1.165, 1.54) is 19.3 Å². The molecule has 0 saturated heterocycles. The standard InChI is InChI=1S/C18H24N4O2/c1-2-24-14-11-13(18(14)8-4-9-18)21-16(23)7-6-15-20-12-5-3-10-19-17(12)22-15/h3,5,10,13-14H,2,4,6-9,11H2,1H3,(H,21,23)(H,19,20,22)/t13-,14+/m1/s1. The number of pyridine rings is 1. The maximum Gasteiger partial charge on any atom is 0.220 e. The first-order chi connectivity index (χ1) is 11.7. The molecule has 2 saturated carbocycles. The molecule has 0 aliphatic heterocycles. The highest BCUT2D eigenvalue weighted by molar-refractivity contribution is 5.77. The minimum atomic E-state index is 0.106. The van der Waals surface area contributed by atoms with E-state index in [0.717, 1.165) is 24.4 Å². The third kappa shape index (κ3) is 2.59. The maximum atomic E-state index is 12.3. The molecule has 0 unspecified atom stereocenters. The quantitative estimate of drug-likeness (QED) is 0.853. The van der Waals surface area contributed by atoms with Crippen molar-refractivity contribution < 1.29 is 9.53 Å². The molecule has 2 aliphatic carbocycles. The van der Waals surface area contributed by atoms with Crippen LogP contribution in [0.4, 0.5) is 0 Å². The number of hydrogen-bond donors (Lipinski definition) is 2. The number of hydrogen-bond acceptors (Lipinski definition) is 4. The van der Waals surface area contributed by atoms with Crippen molar-refractivity contribution in [3.63, 3.8) is 0 Å². The summed E-state index contributed by atoms with van der Waals surface area (Å²) in [5, 5.41) is 3.23. The summed E-state index contributed by atoms with van der Waals surface area (Å²) < 4.78 is 5.84. The number of amides is 1. The minimum Gasteiger partial charge on any atom is -0.378 e. The Kier molecular flexibility index (Phi) is 4.00. The van der Waals surface area contributed by atoms with Crippen molar-refractivity contribution in [1.82, 2.24) is 20.3 Å². The number of aromatic nitrogens is 3. The van der Waals surface area contributed by atoms with Gasteiger partial charge in [-0.3, -0.25) is 4.79 Å². The summed E-state index contributed by atoms with van der Waals surface area (Å²) in [7, 11) is 0. The zero-order valence-electron chi connectivity index (χ0n) is 14.0. The molecule has 2 atom stereocenters. The fourth-order valence-electron chi connectivity index (χ4n) is 4.15. The lowest BCUT2D eigenvalue weighted by Crippen LogP contribution is -2.67. The lowest BCUT2D eigenvalue weighted by atomic mass is 9.51. The first-order valence-electron chi connectivity index (χ1n) is 8.92. The average Bonchev–Trinajstić information content (AvgIpc) is 2.93. The van der Waals surface area contributed by atoms with Crippen LogP contribution < -0.4 is 5.32 Å². The number of nitrogens with one attached hydrogen (secondary N) is 2. The van der Waals surface area contributed by atoms with E-state index in [9.17, 15) is 4.79 Å². The largest absolute Gasteiger partial charge is 0.378 e. The molecular weight excluding hydrogens is 304 g/mol. The molecular formula is C18H24N4O2. The van der Waals surface area contributed by atoms with Gasteiger partial charge in [0.15, 0.2) is 5.65 Å². The molecule has 0 radical (unpaired) electrons. The van der Waals surface area contributed by atoms with Crippen LogP contribution in [0.5, 0.6) is 0 Å². The fourth-order valence-corrected chi connectivity index (χ4v) is 4.15.